The van der Waals surface area contributed by atoms with Crippen LogP contribution in [-0.4, -0.2) is 73.6 Å². The Kier molecular flexibility index (Phi) is 5.07. The monoisotopic (exact) mass is 410 g/mol. The van der Waals surface area contributed by atoms with Crippen molar-refractivity contribution in [2.24, 2.45) is 0 Å². The van der Waals surface area contributed by atoms with Crippen molar-refractivity contribution < 1.29 is 22.5 Å². The lowest BCUT2D eigenvalue weighted by Crippen LogP contribution is -2.48. The van der Waals surface area contributed by atoms with Crippen LogP contribution in [-0.2, 0) is 19.5 Å². The van der Waals surface area contributed by atoms with E-state index in [0.717, 1.165) is 5.69 Å². The average molecular weight is 410 g/mol. The SMILES string of the molecule is C[C@@H]1CN(c2ccc(S(=O)(=O)N3C[C@@H](C)O[C@@H](C)C3)c3nonc23)C[C@@H](C)O1. The van der Waals surface area contributed by atoms with E-state index in [-0.39, 0.29) is 34.8 Å². The summed E-state index contributed by atoms with van der Waals surface area (Å²) < 4.78 is 44.5. The van der Waals surface area contributed by atoms with Gasteiger partial charge in [0, 0.05) is 26.2 Å². The zero-order chi connectivity index (χ0) is 20.1. The number of hydrogen-bond donors (Lipinski definition) is 0. The van der Waals surface area contributed by atoms with Gasteiger partial charge in [-0.15, -0.1) is 0 Å². The Balaban J connectivity index is 1.73. The van der Waals surface area contributed by atoms with Gasteiger partial charge in [0.25, 0.3) is 0 Å². The van der Waals surface area contributed by atoms with Crippen molar-refractivity contribution in [2.75, 3.05) is 31.1 Å². The quantitative estimate of drug-likeness (QED) is 0.753. The first-order valence-electron chi connectivity index (χ1n) is 9.57. The molecule has 0 saturated carbocycles. The second-order valence-corrected chi connectivity index (χ2v) is 9.69. The number of sulfonamides is 1. The summed E-state index contributed by atoms with van der Waals surface area (Å²) in [5.74, 6) is 0. The van der Waals surface area contributed by atoms with Crippen LogP contribution in [0.25, 0.3) is 11.0 Å². The Morgan fingerprint density at radius 1 is 0.857 bits per heavy atom. The van der Waals surface area contributed by atoms with Gasteiger partial charge in [-0.3, -0.25) is 0 Å². The largest absolute Gasteiger partial charge is 0.373 e. The van der Waals surface area contributed by atoms with Crippen molar-refractivity contribution in [3.05, 3.63) is 12.1 Å². The summed E-state index contributed by atoms with van der Waals surface area (Å²) in [5, 5.41) is 7.95. The van der Waals surface area contributed by atoms with Crippen LogP contribution in [0.5, 0.6) is 0 Å². The van der Waals surface area contributed by atoms with Crippen LogP contribution >= 0.6 is 0 Å². The van der Waals surface area contributed by atoms with Gasteiger partial charge in [-0.2, -0.15) is 4.31 Å². The van der Waals surface area contributed by atoms with Crippen LogP contribution in [0.15, 0.2) is 21.7 Å². The number of morpholine rings is 2. The molecule has 2 aromatic rings. The van der Waals surface area contributed by atoms with Crippen LogP contribution in [0, 0.1) is 0 Å². The van der Waals surface area contributed by atoms with Gasteiger partial charge in [-0.1, -0.05) is 0 Å². The number of ether oxygens (including phenoxy) is 2. The Labute approximate surface area is 164 Å². The van der Waals surface area contributed by atoms with E-state index in [0.29, 0.717) is 31.7 Å². The van der Waals surface area contributed by atoms with Gasteiger partial charge in [0.2, 0.25) is 10.0 Å². The minimum Gasteiger partial charge on any atom is -0.373 e. The molecule has 10 heteroatoms. The molecule has 3 heterocycles. The number of fused-ring (bicyclic) bond motifs is 1. The highest BCUT2D eigenvalue weighted by Crippen LogP contribution is 2.33. The molecule has 0 N–H and O–H groups in total. The number of benzene rings is 1. The lowest BCUT2D eigenvalue weighted by atomic mass is 10.2. The predicted molar refractivity (Wildman–Crippen MR) is 103 cm³/mol. The number of rotatable bonds is 3. The van der Waals surface area contributed by atoms with E-state index in [2.05, 4.69) is 15.2 Å². The number of hydrogen-bond acceptors (Lipinski definition) is 8. The molecule has 0 unspecified atom stereocenters. The maximum atomic E-state index is 13.3. The summed E-state index contributed by atoms with van der Waals surface area (Å²) in [7, 11) is -3.75. The summed E-state index contributed by atoms with van der Waals surface area (Å²) in [5.41, 5.74) is 1.52. The highest BCUT2D eigenvalue weighted by molar-refractivity contribution is 7.89. The third-order valence-electron chi connectivity index (χ3n) is 5.12. The Hall–Kier alpha value is -1.75. The Morgan fingerprint density at radius 3 is 2.00 bits per heavy atom. The highest BCUT2D eigenvalue weighted by Gasteiger charge is 2.35. The van der Waals surface area contributed by atoms with Crippen LogP contribution in [0.4, 0.5) is 5.69 Å². The fourth-order valence-corrected chi connectivity index (χ4v) is 5.84. The predicted octanol–water partition coefficient (Wildman–Crippen LogP) is 1.63. The lowest BCUT2D eigenvalue weighted by Gasteiger charge is -2.37. The topological polar surface area (TPSA) is 98.0 Å². The van der Waals surface area contributed by atoms with Gasteiger partial charge in [-0.25, -0.2) is 13.0 Å². The first-order chi connectivity index (χ1) is 13.3. The second-order valence-electron chi connectivity index (χ2n) is 7.79. The molecular weight excluding hydrogens is 384 g/mol. The lowest BCUT2D eigenvalue weighted by molar-refractivity contribution is -0.0440. The standard InChI is InChI=1S/C18H26N4O5S/c1-11-7-21(8-12(2)25-11)15-5-6-16(18-17(15)19-27-20-18)28(23,24)22-9-13(3)26-14(4)10-22/h5-6,11-14H,7-10H2,1-4H3/t11-,12-,13-,14+/m1/s1. The number of nitrogens with zero attached hydrogens (tertiary/aromatic N) is 4. The zero-order valence-corrected chi connectivity index (χ0v) is 17.3. The van der Waals surface area contributed by atoms with Crippen molar-refractivity contribution in [1.82, 2.24) is 14.6 Å². The molecule has 28 heavy (non-hydrogen) atoms. The summed E-state index contributed by atoms with van der Waals surface area (Å²) >= 11 is 0. The molecule has 0 aliphatic carbocycles. The number of aromatic nitrogens is 2. The molecule has 2 aliphatic rings. The van der Waals surface area contributed by atoms with E-state index in [9.17, 15) is 8.42 Å². The van der Waals surface area contributed by atoms with E-state index in [1.165, 1.54) is 4.31 Å². The first-order valence-corrected chi connectivity index (χ1v) is 11.0. The Bertz CT molecular complexity index is 942. The molecule has 2 aliphatic heterocycles. The molecule has 0 spiro atoms. The van der Waals surface area contributed by atoms with E-state index >= 15 is 0 Å². The van der Waals surface area contributed by atoms with Gasteiger partial charge in [0.15, 0.2) is 11.0 Å². The molecule has 154 valence electrons. The van der Waals surface area contributed by atoms with Crippen molar-refractivity contribution in [3.8, 4) is 0 Å². The molecule has 0 bridgehead atoms. The molecule has 2 fully saturated rings. The fourth-order valence-electron chi connectivity index (χ4n) is 4.13. The van der Waals surface area contributed by atoms with E-state index < -0.39 is 10.0 Å². The van der Waals surface area contributed by atoms with Crippen LogP contribution in [0.1, 0.15) is 27.7 Å². The molecule has 0 radical (unpaired) electrons. The minimum absolute atomic E-state index is 0.0680. The maximum Gasteiger partial charge on any atom is 0.245 e. The van der Waals surface area contributed by atoms with E-state index in [1.807, 2.05) is 27.7 Å². The molecular formula is C18H26N4O5S. The van der Waals surface area contributed by atoms with Crippen molar-refractivity contribution in [3.63, 3.8) is 0 Å². The molecule has 1 aromatic carbocycles. The highest BCUT2D eigenvalue weighted by atomic mass is 32.2. The fraction of sp³-hybridized carbons (Fsp3) is 0.667. The molecule has 0 amide bonds. The van der Waals surface area contributed by atoms with Crippen LogP contribution < -0.4 is 4.90 Å². The van der Waals surface area contributed by atoms with Crippen LogP contribution in [0.3, 0.4) is 0 Å². The van der Waals surface area contributed by atoms with Crippen LogP contribution in [0.2, 0.25) is 0 Å². The average Bonchev–Trinajstić information content (AvgIpc) is 3.08. The van der Waals surface area contributed by atoms with E-state index in [1.54, 1.807) is 12.1 Å². The smallest absolute Gasteiger partial charge is 0.245 e. The third-order valence-corrected chi connectivity index (χ3v) is 6.98. The summed E-state index contributed by atoms with van der Waals surface area (Å²) in [6.07, 6.45) is -0.197. The zero-order valence-electron chi connectivity index (χ0n) is 16.5. The van der Waals surface area contributed by atoms with E-state index in [4.69, 9.17) is 14.1 Å². The van der Waals surface area contributed by atoms with Crippen molar-refractivity contribution in [1.29, 1.82) is 0 Å². The third kappa shape index (κ3) is 3.49. The molecule has 4 atom stereocenters. The normalized spacial score (nSPS) is 30.1. The van der Waals surface area contributed by atoms with Gasteiger partial charge in [-0.05, 0) is 50.1 Å². The molecule has 2 saturated heterocycles. The summed E-state index contributed by atoms with van der Waals surface area (Å²) in [4.78, 5) is 2.25. The molecule has 9 nitrogen and oxygen atoms in total. The van der Waals surface area contributed by atoms with Crippen molar-refractivity contribution >= 4 is 26.7 Å². The molecule has 4 rings (SSSR count). The summed E-state index contributed by atoms with van der Waals surface area (Å²) in [6.45, 7) is 9.76. The van der Waals surface area contributed by atoms with Gasteiger partial charge < -0.3 is 14.4 Å². The number of anilines is 1. The van der Waals surface area contributed by atoms with Gasteiger partial charge >= 0.3 is 0 Å². The van der Waals surface area contributed by atoms with Gasteiger partial charge in [0.1, 0.15) is 4.90 Å². The Morgan fingerprint density at radius 2 is 1.39 bits per heavy atom. The maximum absolute atomic E-state index is 13.3. The second kappa shape index (κ2) is 7.25. The van der Waals surface area contributed by atoms with Gasteiger partial charge in [0.05, 0.1) is 30.1 Å². The summed E-state index contributed by atoms with van der Waals surface area (Å²) in [6, 6.07) is 3.39. The first kappa shape index (κ1) is 19.6. The minimum atomic E-state index is -3.75. The molecule has 1 aromatic heterocycles. The van der Waals surface area contributed by atoms with Crippen molar-refractivity contribution in [2.45, 2.75) is 57.0 Å².